The molecule has 3 rings (SSSR count). The second kappa shape index (κ2) is 3.31. The van der Waals surface area contributed by atoms with Crippen molar-refractivity contribution < 1.29 is 5.11 Å². The van der Waals surface area contributed by atoms with E-state index in [9.17, 15) is 5.11 Å². The molecule has 0 radical (unpaired) electrons. The standard InChI is InChI=1S/C12H14ClNO/c13-12-8-6-10(7-2-1-3-7)14-9(8)4-5-11(12)15/h4-5,7,10,14-15H,1-3,6H2. The summed E-state index contributed by atoms with van der Waals surface area (Å²) in [4.78, 5) is 0. The van der Waals surface area contributed by atoms with Crippen molar-refractivity contribution in [2.75, 3.05) is 5.32 Å². The number of nitrogens with one attached hydrogen (secondary N) is 1. The van der Waals surface area contributed by atoms with E-state index in [1.165, 1.54) is 19.3 Å². The third-order valence-electron chi connectivity index (χ3n) is 3.71. The summed E-state index contributed by atoms with van der Waals surface area (Å²) in [6, 6.07) is 4.13. The summed E-state index contributed by atoms with van der Waals surface area (Å²) in [7, 11) is 0. The number of anilines is 1. The van der Waals surface area contributed by atoms with Crippen LogP contribution in [0.15, 0.2) is 12.1 Å². The molecule has 0 saturated heterocycles. The zero-order valence-electron chi connectivity index (χ0n) is 8.46. The highest BCUT2D eigenvalue weighted by Gasteiger charge is 2.33. The van der Waals surface area contributed by atoms with Crippen LogP contribution in [0.1, 0.15) is 24.8 Å². The molecule has 1 aliphatic carbocycles. The molecule has 2 nitrogen and oxygen atoms in total. The number of hydrogen-bond donors (Lipinski definition) is 2. The Hall–Kier alpha value is -0.890. The highest BCUT2D eigenvalue weighted by Crippen LogP contribution is 2.42. The molecule has 1 fully saturated rings. The molecule has 0 spiro atoms. The quantitative estimate of drug-likeness (QED) is 0.717. The maximum atomic E-state index is 9.52. The van der Waals surface area contributed by atoms with Gasteiger partial charge in [-0.3, -0.25) is 0 Å². The minimum Gasteiger partial charge on any atom is -0.506 e. The summed E-state index contributed by atoms with van der Waals surface area (Å²) in [6.07, 6.45) is 4.98. The maximum absolute atomic E-state index is 9.52. The molecule has 1 aromatic rings. The summed E-state index contributed by atoms with van der Waals surface area (Å²) in [6.45, 7) is 0. The van der Waals surface area contributed by atoms with Crippen LogP contribution in [-0.2, 0) is 6.42 Å². The van der Waals surface area contributed by atoms with Gasteiger partial charge in [-0.2, -0.15) is 0 Å². The van der Waals surface area contributed by atoms with Crippen molar-refractivity contribution in [1.29, 1.82) is 0 Å². The summed E-state index contributed by atoms with van der Waals surface area (Å²) in [5.41, 5.74) is 2.20. The van der Waals surface area contributed by atoms with E-state index in [1.54, 1.807) is 6.07 Å². The highest BCUT2D eigenvalue weighted by molar-refractivity contribution is 6.33. The number of phenols is 1. The Balaban J connectivity index is 1.89. The first-order valence-corrected chi connectivity index (χ1v) is 5.90. The monoisotopic (exact) mass is 223 g/mol. The topological polar surface area (TPSA) is 32.3 Å². The predicted octanol–water partition coefficient (Wildman–Crippen LogP) is 3.18. The van der Waals surface area contributed by atoms with Crippen LogP contribution in [-0.4, -0.2) is 11.1 Å². The predicted molar refractivity (Wildman–Crippen MR) is 61.6 cm³/mol. The summed E-state index contributed by atoms with van der Waals surface area (Å²) in [5, 5.41) is 13.6. The van der Waals surface area contributed by atoms with Crippen LogP contribution in [0.25, 0.3) is 0 Å². The van der Waals surface area contributed by atoms with Gasteiger partial charge in [0.05, 0.1) is 5.02 Å². The van der Waals surface area contributed by atoms with Gasteiger partial charge in [0.1, 0.15) is 5.75 Å². The van der Waals surface area contributed by atoms with E-state index in [1.807, 2.05) is 6.07 Å². The fourth-order valence-corrected chi connectivity index (χ4v) is 2.78. The lowest BCUT2D eigenvalue weighted by Crippen LogP contribution is -2.31. The molecule has 1 saturated carbocycles. The number of fused-ring (bicyclic) bond motifs is 1. The number of aromatic hydroxyl groups is 1. The molecule has 0 aromatic heterocycles. The molecule has 1 aliphatic heterocycles. The smallest absolute Gasteiger partial charge is 0.134 e. The molecule has 1 atom stereocenters. The molecule has 2 N–H and O–H groups in total. The second-order valence-corrected chi connectivity index (χ2v) is 4.95. The number of benzene rings is 1. The molecule has 1 aromatic carbocycles. The average Bonchev–Trinajstić information content (AvgIpc) is 2.53. The van der Waals surface area contributed by atoms with Crippen molar-refractivity contribution in [3.8, 4) is 5.75 Å². The number of hydrogen-bond acceptors (Lipinski definition) is 2. The summed E-state index contributed by atoms with van der Waals surface area (Å²) in [5.74, 6) is 1.00. The maximum Gasteiger partial charge on any atom is 0.134 e. The van der Waals surface area contributed by atoms with E-state index in [2.05, 4.69) is 5.32 Å². The van der Waals surface area contributed by atoms with Gasteiger partial charge in [-0.05, 0) is 42.9 Å². The van der Waals surface area contributed by atoms with E-state index < -0.39 is 0 Å². The van der Waals surface area contributed by atoms with Gasteiger partial charge in [-0.15, -0.1) is 0 Å². The largest absolute Gasteiger partial charge is 0.506 e. The first-order chi connectivity index (χ1) is 7.25. The molecule has 0 amide bonds. The van der Waals surface area contributed by atoms with Crippen LogP contribution in [0.5, 0.6) is 5.75 Å². The van der Waals surface area contributed by atoms with Gasteiger partial charge >= 0.3 is 0 Å². The molecule has 15 heavy (non-hydrogen) atoms. The first kappa shape index (κ1) is 9.34. The highest BCUT2D eigenvalue weighted by atomic mass is 35.5. The van der Waals surface area contributed by atoms with E-state index >= 15 is 0 Å². The summed E-state index contributed by atoms with van der Waals surface area (Å²) < 4.78 is 0. The lowest BCUT2D eigenvalue weighted by atomic mass is 9.79. The minimum absolute atomic E-state index is 0.200. The van der Waals surface area contributed by atoms with Gasteiger partial charge in [0.2, 0.25) is 0 Å². The lowest BCUT2D eigenvalue weighted by molar-refractivity contribution is 0.278. The van der Waals surface area contributed by atoms with E-state index in [4.69, 9.17) is 11.6 Å². The number of halogens is 1. The average molecular weight is 224 g/mol. The van der Waals surface area contributed by atoms with Crippen LogP contribution in [0.4, 0.5) is 5.69 Å². The fourth-order valence-electron chi connectivity index (χ4n) is 2.54. The Labute approximate surface area is 94.3 Å². The fraction of sp³-hybridized carbons (Fsp3) is 0.500. The van der Waals surface area contributed by atoms with Gasteiger partial charge in [0.15, 0.2) is 0 Å². The molecular formula is C12H14ClNO. The van der Waals surface area contributed by atoms with Crippen molar-refractivity contribution in [3.05, 3.63) is 22.7 Å². The van der Waals surface area contributed by atoms with Crippen LogP contribution < -0.4 is 5.32 Å². The first-order valence-electron chi connectivity index (χ1n) is 5.52. The van der Waals surface area contributed by atoms with Gasteiger partial charge < -0.3 is 10.4 Å². The van der Waals surface area contributed by atoms with Crippen LogP contribution in [0, 0.1) is 5.92 Å². The van der Waals surface area contributed by atoms with Gasteiger partial charge in [-0.1, -0.05) is 18.0 Å². The van der Waals surface area contributed by atoms with Crippen LogP contribution in [0.3, 0.4) is 0 Å². The second-order valence-electron chi connectivity index (χ2n) is 4.57. The molecule has 2 aliphatic rings. The third kappa shape index (κ3) is 1.39. The number of rotatable bonds is 1. The van der Waals surface area contributed by atoms with Crippen molar-refractivity contribution in [1.82, 2.24) is 0 Å². The third-order valence-corrected chi connectivity index (χ3v) is 4.13. The Bertz CT molecular complexity index is 401. The zero-order valence-corrected chi connectivity index (χ0v) is 9.22. The van der Waals surface area contributed by atoms with Gasteiger partial charge in [0.25, 0.3) is 0 Å². The van der Waals surface area contributed by atoms with Gasteiger partial charge in [-0.25, -0.2) is 0 Å². The van der Waals surface area contributed by atoms with E-state index in [0.717, 1.165) is 23.6 Å². The van der Waals surface area contributed by atoms with Crippen LogP contribution in [0.2, 0.25) is 5.02 Å². The Morgan fingerprint density at radius 1 is 1.33 bits per heavy atom. The zero-order chi connectivity index (χ0) is 10.4. The SMILES string of the molecule is Oc1ccc2c(c1Cl)CC(C1CCC1)N2. The van der Waals surface area contributed by atoms with Crippen molar-refractivity contribution in [2.24, 2.45) is 5.92 Å². The van der Waals surface area contributed by atoms with Gasteiger partial charge in [0, 0.05) is 11.7 Å². The molecule has 1 unspecified atom stereocenters. The molecule has 3 heteroatoms. The molecule has 80 valence electrons. The van der Waals surface area contributed by atoms with Crippen LogP contribution >= 0.6 is 11.6 Å². The van der Waals surface area contributed by atoms with Crippen molar-refractivity contribution in [2.45, 2.75) is 31.7 Å². The Kier molecular flexibility index (Phi) is 2.06. The summed E-state index contributed by atoms with van der Waals surface area (Å²) >= 11 is 6.08. The lowest BCUT2D eigenvalue weighted by Gasteiger charge is -2.31. The molecule has 0 bridgehead atoms. The number of phenolic OH excluding ortho intramolecular Hbond substituents is 1. The van der Waals surface area contributed by atoms with Crippen molar-refractivity contribution in [3.63, 3.8) is 0 Å². The Morgan fingerprint density at radius 2 is 2.13 bits per heavy atom. The Morgan fingerprint density at radius 3 is 2.80 bits per heavy atom. The normalized spacial score (nSPS) is 24.5. The minimum atomic E-state index is 0.200. The van der Waals surface area contributed by atoms with E-state index in [-0.39, 0.29) is 5.75 Å². The molecule has 1 heterocycles. The van der Waals surface area contributed by atoms with E-state index in [0.29, 0.717) is 11.1 Å². The van der Waals surface area contributed by atoms with Crippen molar-refractivity contribution >= 4 is 17.3 Å². The molecular weight excluding hydrogens is 210 g/mol.